The van der Waals surface area contributed by atoms with Crippen molar-refractivity contribution < 1.29 is 10.2 Å². The van der Waals surface area contributed by atoms with E-state index in [1.54, 1.807) is 12.1 Å². The normalized spacial score (nSPS) is 10.9. The van der Waals surface area contributed by atoms with Crippen LogP contribution < -0.4 is 5.73 Å². The smallest absolute Gasteiger partial charge is 0.166 e. The van der Waals surface area contributed by atoms with Gasteiger partial charge >= 0.3 is 0 Å². The van der Waals surface area contributed by atoms with Gasteiger partial charge in [-0.2, -0.15) is 0 Å². The lowest BCUT2D eigenvalue weighted by Gasteiger charge is -1.96. The molecule has 0 unspecified atom stereocenters. The topological polar surface area (TPSA) is 82.3 Å². The number of aromatic amines is 1. The van der Waals surface area contributed by atoms with E-state index < -0.39 is 0 Å². The molecule has 0 amide bonds. The van der Waals surface area contributed by atoms with Gasteiger partial charge in [-0.3, -0.25) is 0 Å². The molecule has 0 aliphatic rings. The van der Waals surface area contributed by atoms with E-state index in [1.807, 2.05) is 0 Å². The third-order valence-corrected chi connectivity index (χ3v) is 2.22. The number of phenols is 2. The summed E-state index contributed by atoms with van der Waals surface area (Å²) in [4.78, 5) is 3.11. The average Bonchev–Trinajstić information content (AvgIpc) is 2.56. The van der Waals surface area contributed by atoms with E-state index in [1.165, 1.54) is 6.07 Å². The van der Waals surface area contributed by atoms with Crippen molar-refractivity contribution in [2.75, 3.05) is 6.54 Å². The van der Waals surface area contributed by atoms with Gasteiger partial charge in [0.1, 0.15) is 0 Å². The zero-order valence-electron chi connectivity index (χ0n) is 7.62. The standard InChI is InChI=1S/C10H12N2O2/c11-4-3-6-5-7-8(12-6)1-2-9(13)10(7)14/h1-2,5,12-14H,3-4,11H2. The number of rotatable bonds is 2. The van der Waals surface area contributed by atoms with Gasteiger partial charge in [-0.1, -0.05) is 0 Å². The number of hydrogen-bond acceptors (Lipinski definition) is 3. The number of fused-ring (bicyclic) bond motifs is 1. The van der Waals surface area contributed by atoms with Crippen LogP contribution in [0.2, 0.25) is 0 Å². The summed E-state index contributed by atoms with van der Waals surface area (Å²) < 4.78 is 0. The monoisotopic (exact) mass is 192 g/mol. The van der Waals surface area contributed by atoms with Crippen LogP contribution in [0.15, 0.2) is 18.2 Å². The summed E-state index contributed by atoms with van der Waals surface area (Å²) in [6.07, 6.45) is 0.731. The number of benzene rings is 1. The molecular formula is C10H12N2O2. The first-order valence-electron chi connectivity index (χ1n) is 4.45. The van der Waals surface area contributed by atoms with E-state index in [9.17, 15) is 10.2 Å². The minimum atomic E-state index is -0.101. The Morgan fingerprint density at radius 1 is 1.29 bits per heavy atom. The van der Waals surface area contributed by atoms with Gasteiger partial charge in [0.2, 0.25) is 0 Å². The second-order valence-corrected chi connectivity index (χ2v) is 3.23. The molecule has 1 heterocycles. The van der Waals surface area contributed by atoms with E-state index in [0.29, 0.717) is 11.9 Å². The van der Waals surface area contributed by atoms with E-state index in [-0.39, 0.29) is 11.5 Å². The van der Waals surface area contributed by atoms with Crippen molar-refractivity contribution >= 4 is 10.9 Å². The van der Waals surface area contributed by atoms with Gasteiger partial charge in [-0.05, 0) is 31.2 Å². The highest BCUT2D eigenvalue weighted by atomic mass is 16.3. The second-order valence-electron chi connectivity index (χ2n) is 3.23. The molecule has 4 nitrogen and oxygen atoms in total. The molecule has 0 atom stereocenters. The van der Waals surface area contributed by atoms with Gasteiger partial charge in [0.25, 0.3) is 0 Å². The number of phenolic OH excluding ortho intramolecular Hbond substituents is 2. The van der Waals surface area contributed by atoms with E-state index in [0.717, 1.165) is 17.6 Å². The summed E-state index contributed by atoms with van der Waals surface area (Å²) in [6, 6.07) is 4.99. The molecule has 0 saturated heterocycles. The van der Waals surface area contributed by atoms with Crippen molar-refractivity contribution in [3.8, 4) is 11.5 Å². The Balaban J connectivity index is 2.59. The summed E-state index contributed by atoms with van der Waals surface area (Å²) in [7, 11) is 0. The first kappa shape index (κ1) is 8.90. The van der Waals surface area contributed by atoms with Crippen LogP contribution in [0.1, 0.15) is 5.69 Å². The Labute approximate surface area is 81.0 Å². The molecular weight excluding hydrogens is 180 g/mol. The van der Waals surface area contributed by atoms with Crippen LogP contribution in [-0.2, 0) is 6.42 Å². The van der Waals surface area contributed by atoms with Crippen LogP contribution in [0.4, 0.5) is 0 Å². The van der Waals surface area contributed by atoms with Gasteiger partial charge in [-0.25, -0.2) is 0 Å². The molecule has 4 heteroatoms. The van der Waals surface area contributed by atoms with E-state index >= 15 is 0 Å². The maximum absolute atomic E-state index is 9.54. The number of H-pyrrole nitrogens is 1. The Hall–Kier alpha value is -1.68. The molecule has 5 N–H and O–H groups in total. The minimum absolute atomic E-state index is 0.0815. The van der Waals surface area contributed by atoms with Gasteiger partial charge in [0.15, 0.2) is 11.5 Å². The van der Waals surface area contributed by atoms with Crippen molar-refractivity contribution in [3.63, 3.8) is 0 Å². The molecule has 1 aromatic carbocycles. The SMILES string of the molecule is NCCc1cc2c(O)c(O)ccc2[nH]1. The summed E-state index contributed by atoms with van der Waals surface area (Å²) in [5, 5.41) is 19.4. The zero-order valence-corrected chi connectivity index (χ0v) is 7.62. The molecule has 1 aromatic heterocycles. The second kappa shape index (κ2) is 3.23. The summed E-state index contributed by atoms with van der Waals surface area (Å²) in [5.74, 6) is -0.183. The van der Waals surface area contributed by atoms with Crippen molar-refractivity contribution in [3.05, 3.63) is 23.9 Å². The minimum Gasteiger partial charge on any atom is -0.504 e. The molecule has 0 spiro atoms. The predicted molar refractivity (Wildman–Crippen MR) is 54.4 cm³/mol. The van der Waals surface area contributed by atoms with Crippen LogP contribution in [0.3, 0.4) is 0 Å². The fourth-order valence-corrected chi connectivity index (χ4v) is 1.53. The molecule has 2 aromatic rings. The van der Waals surface area contributed by atoms with Crippen molar-refractivity contribution in [2.24, 2.45) is 5.73 Å². The van der Waals surface area contributed by atoms with Crippen molar-refractivity contribution in [1.82, 2.24) is 4.98 Å². The third kappa shape index (κ3) is 1.29. The first-order valence-corrected chi connectivity index (χ1v) is 4.45. The van der Waals surface area contributed by atoms with Crippen LogP contribution >= 0.6 is 0 Å². The lowest BCUT2D eigenvalue weighted by atomic mass is 10.2. The molecule has 74 valence electrons. The third-order valence-electron chi connectivity index (χ3n) is 2.22. The van der Waals surface area contributed by atoms with Crippen molar-refractivity contribution in [1.29, 1.82) is 0 Å². The van der Waals surface area contributed by atoms with Crippen LogP contribution in [0.5, 0.6) is 11.5 Å². The number of aromatic hydroxyl groups is 2. The number of hydrogen-bond donors (Lipinski definition) is 4. The van der Waals surface area contributed by atoms with Crippen LogP contribution in [-0.4, -0.2) is 21.7 Å². The predicted octanol–water partition coefficient (Wildman–Crippen LogP) is 1.08. The summed E-state index contributed by atoms with van der Waals surface area (Å²) >= 11 is 0. The maximum Gasteiger partial charge on any atom is 0.166 e. The highest BCUT2D eigenvalue weighted by molar-refractivity contribution is 5.88. The number of aromatic nitrogens is 1. The van der Waals surface area contributed by atoms with Gasteiger partial charge < -0.3 is 20.9 Å². The number of nitrogens with two attached hydrogens (primary N) is 1. The lowest BCUT2D eigenvalue weighted by Crippen LogP contribution is -2.02. The van der Waals surface area contributed by atoms with Gasteiger partial charge in [0.05, 0.1) is 0 Å². The molecule has 14 heavy (non-hydrogen) atoms. The first-order chi connectivity index (χ1) is 6.72. The lowest BCUT2D eigenvalue weighted by molar-refractivity contribution is 0.408. The molecule has 0 aliphatic heterocycles. The Morgan fingerprint density at radius 2 is 2.07 bits per heavy atom. The zero-order chi connectivity index (χ0) is 10.1. The quantitative estimate of drug-likeness (QED) is 0.537. The van der Waals surface area contributed by atoms with E-state index in [2.05, 4.69) is 4.98 Å². The van der Waals surface area contributed by atoms with Gasteiger partial charge in [0, 0.05) is 16.6 Å². The van der Waals surface area contributed by atoms with E-state index in [4.69, 9.17) is 5.73 Å². The fraction of sp³-hybridized carbons (Fsp3) is 0.200. The number of nitrogens with one attached hydrogen (secondary N) is 1. The molecule has 0 fully saturated rings. The molecule has 0 aliphatic carbocycles. The molecule has 0 saturated carbocycles. The summed E-state index contributed by atoms with van der Waals surface area (Å²) in [6.45, 7) is 0.555. The molecule has 2 rings (SSSR count). The highest BCUT2D eigenvalue weighted by Crippen LogP contribution is 2.33. The Kier molecular flexibility index (Phi) is 2.05. The molecule has 0 radical (unpaired) electrons. The van der Waals surface area contributed by atoms with Gasteiger partial charge in [-0.15, -0.1) is 0 Å². The Morgan fingerprint density at radius 3 is 2.79 bits per heavy atom. The summed E-state index contributed by atoms with van der Waals surface area (Å²) in [5.41, 5.74) is 7.19. The average molecular weight is 192 g/mol. The fourth-order valence-electron chi connectivity index (χ4n) is 1.53. The largest absolute Gasteiger partial charge is 0.504 e. The van der Waals surface area contributed by atoms with Crippen LogP contribution in [0.25, 0.3) is 10.9 Å². The van der Waals surface area contributed by atoms with Crippen molar-refractivity contribution in [2.45, 2.75) is 6.42 Å². The Bertz CT molecular complexity index is 462. The molecule has 0 bridgehead atoms. The maximum atomic E-state index is 9.54. The highest BCUT2D eigenvalue weighted by Gasteiger charge is 2.07. The van der Waals surface area contributed by atoms with Crippen LogP contribution in [0, 0.1) is 0 Å².